The maximum absolute atomic E-state index is 12.5. The summed E-state index contributed by atoms with van der Waals surface area (Å²) >= 11 is 0. The minimum Gasteiger partial charge on any atom is -0.490 e. The van der Waals surface area contributed by atoms with E-state index in [-0.39, 0.29) is 24.5 Å². The van der Waals surface area contributed by atoms with E-state index >= 15 is 0 Å². The minimum absolute atomic E-state index is 0.0925. The van der Waals surface area contributed by atoms with Crippen LogP contribution in [-0.4, -0.2) is 49.1 Å². The van der Waals surface area contributed by atoms with Gasteiger partial charge in [-0.1, -0.05) is 12.1 Å². The summed E-state index contributed by atoms with van der Waals surface area (Å²) in [6.07, 6.45) is 3.43. The number of likely N-dealkylation sites (tertiary alicyclic amines) is 1. The molecule has 0 bridgehead atoms. The molecular weight excluding hydrogens is 320 g/mol. The molecule has 134 valence electrons. The van der Waals surface area contributed by atoms with Crippen LogP contribution in [0.25, 0.3) is 6.08 Å². The lowest BCUT2D eigenvalue weighted by Gasteiger charge is -2.32. The molecule has 0 aliphatic carbocycles. The van der Waals surface area contributed by atoms with Crippen molar-refractivity contribution >= 4 is 17.9 Å². The molecule has 3 rings (SSSR count). The molecule has 0 spiro atoms. The highest BCUT2D eigenvalue weighted by Crippen LogP contribution is 2.35. The fourth-order valence-corrected chi connectivity index (χ4v) is 3.20. The van der Waals surface area contributed by atoms with Crippen LogP contribution in [0.5, 0.6) is 11.5 Å². The van der Waals surface area contributed by atoms with Crippen molar-refractivity contribution in [1.29, 1.82) is 0 Å². The highest BCUT2D eigenvalue weighted by Gasteiger charge is 2.25. The quantitative estimate of drug-likeness (QED) is 0.907. The fourth-order valence-electron chi connectivity index (χ4n) is 3.20. The molecule has 0 saturated carbocycles. The van der Waals surface area contributed by atoms with Gasteiger partial charge in [-0.05, 0) is 31.9 Å². The van der Waals surface area contributed by atoms with Crippen LogP contribution < -0.4 is 14.8 Å². The molecule has 1 aromatic carbocycles. The standard InChI is InChI=1S/C19H24N2O4/c1-3-24-17-6-4-5-14-11-15(12-25-18(14)17)19(23)20-16-7-9-21(10-8-16)13(2)22/h4-6,11,16H,3,7-10,12H2,1-2H3,(H,20,23). The SMILES string of the molecule is CCOc1cccc2c1OCC(C(=O)NC1CCN(C(C)=O)CC1)=C2. The van der Waals surface area contributed by atoms with Crippen molar-refractivity contribution in [1.82, 2.24) is 10.2 Å². The predicted octanol–water partition coefficient (Wildman–Crippen LogP) is 1.99. The number of para-hydroxylation sites is 1. The Bertz CT molecular complexity index is 691. The number of benzene rings is 1. The van der Waals surface area contributed by atoms with Crippen LogP contribution in [0, 0.1) is 0 Å². The van der Waals surface area contributed by atoms with E-state index in [0.29, 0.717) is 36.8 Å². The van der Waals surface area contributed by atoms with Gasteiger partial charge in [-0.2, -0.15) is 0 Å². The zero-order valence-electron chi connectivity index (χ0n) is 14.7. The molecule has 0 aromatic heterocycles. The third-order valence-electron chi connectivity index (χ3n) is 4.58. The molecule has 1 fully saturated rings. The normalized spacial score (nSPS) is 17.2. The lowest BCUT2D eigenvalue weighted by Crippen LogP contribution is -2.46. The molecule has 2 aliphatic rings. The summed E-state index contributed by atoms with van der Waals surface area (Å²) in [6, 6.07) is 5.77. The summed E-state index contributed by atoms with van der Waals surface area (Å²) in [6.45, 7) is 5.68. The van der Waals surface area contributed by atoms with Crippen LogP contribution in [0.15, 0.2) is 23.8 Å². The average Bonchev–Trinajstić information content (AvgIpc) is 2.62. The monoisotopic (exact) mass is 344 g/mol. The molecule has 1 aromatic rings. The number of nitrogens with zero attached hydrogens (tertiary/aromatic N) is 1. The van der Waals surface area contributed by atoms with Gasteiger partial charge in [-0.25, -0.2) is 0 Å². The minimum atomic E-state index is -0.103. The largest absolute Gasteiger partial charge is 0.490 e. The molecule has 6 heteroatoms. The van der Waals surface area contributed by atoms with Crippen LogP contribution in [-0.2, 0) is 9.59 Å². The second-order valence-corrected chi connectivity index (χ2v) is 6.32. The number of fused-ring (bicyclic) bond motifs is 1. The molecule has 1 saturated heterocycles. The molecule has 2 amide bonds. The van der Waals surface area contributed by atoms with E-state index in [1.54, 1.807) is 6.92 Å². The Morgan fingerprint density at radius 3 is 2.76 bits per heavy atom. The third-order valence-corrected chi connectivity index (χ3v) is 4.58. The fraction of sp³-hybridized carbons (Fsp3) is 0.474. The maximum Gasteiger partial charge on any atom is 0.250 e. The maximum atomic E-state index is 12.5. The number of hydrogen-bond acceptors (Lipinski definition) is 4. The summed E-state index contributed by atoms with van der Waals surface area (Å²) in [4.78, 5) is 25.7. The van der Waals surface area contributed by atoms with Crippen LogP contribution in [0.1, 0.15) is 32.3 Å². The van der Waals surface area contributed by atoms with Crippen molar-refractivity contribution in [3.8, 4) is 11.5 Å². The van der Waals surface area contributed by atoms with Crippen LogP contribution in [0.4, 0.5) is 0 Å². The lowest BCUT2D eigenvalue weighted by atomic mass is 10.0. The van der Waals surface area contributed by atoms with Crippen molar-refractivity contribution in [2.75, 3.05) is 26.3 Å². The molecule has 0 radical (unpaired) electrons. The number of amides is 2. The van der Waals surface area contributed by atoms with Gasteiger partial charge in [0.1, 0.15) is 6.61 Å². The highest BCUT2D eigenvalue weighted by molar-refractivity contribution is 5.99. The van der Waals surface area contributed by atoms with E-state index in [2.05, 4.69) is 5.32 Å². The van der Waals surface area contributed by atoms with Gasteiger partial charge in [0, 0.05) is 31.6 Å². The number of carbonyl (C=O) groups is 2. The Hall–Kier alpha value is -2.50. The van der Waals surface area contributed by atoms with Crippen molar-refractivity contribution in [2.24, 2.45) is 0 Å². The molecule has 0 atom stereocenters. The van der Waals surface area contributed by atoms with E-state index in [1.165, 1.54) is 0 Å². The number of nitrogens with one attached hydrogen (secondary N) is 1. The van der Waals surface area contributed by atoms with E-state index in [4.69, 9.17) is 9.47 Å². The molecule has 25 heavy (non-hydrogen) atoms. The van der Waals surface area contributed by atoms with Crippen molar-refractivity contribution in [3.63, 3.8) is 0 Å². The Kier molecular flexibility index (Phi) is 5.26. The van der Waals surface area contributed by atoms with Gasteiger partial charge in [0.25, 0.3) is 5.91 Å². The van der Waals surface area contributed by atoms with Gasteiger partial charge in [-0.15, -0.1) is 0 Å². The Morgan fingerprint density at radius 1 is 1.32 bits per heavy atom. The van der Waals surface area contributed by atoms with Gasteiger partial charge >= 0.3 is 0 Å². The number of hydrogen-bond donors (Lipinski definition) is 1. The Balaban J connectivity index is 1.64. The summed E-state index contributed by atoms with van der Waals surface area (Å²) in [7, 11) is 0. The zero-order valence-corrected chi connectivity index (χ0v) is 14.7. The van der Waals surface area contributed by atoms with Crippen molar-refractivity contribution < 1.29 is 19.1 Å². The molecule has 2 aliphatic heterocycles. The lowest BCUT2D eigenvalue weighted by molar-refractivity contribution is -0.130. The van der Waals surface area contributed by atoms with Crippen molar-refractivity contribution in [3.05, 3.63) is 29.3 Å². The van der Waals surface area contributed by atoms with E-state index in [9.17, 15) is 9.59 Å². The first-order chi connectivity index (χ1) is 12.1. The Morgan fingerprint density at radius 2 is 2.08 bits per heavy atom. The van der Waals surface area contributed by atoms with Gasteiger partial charge in [0.15, 0.2) is 11.5 Å². The first-order valence-corrected chi connectivity index (χ1v) is 8.74. The number of rotatable bonds is 4. The summed E-state index contributed by atoms with van der Waals surface area (Å²) < 4.78 is 11.3. The predicted molar refractivity (Wildman–Crippen MR) is 94.5 cm³/mol. The third kappa shape index (κ3) is 3.95. The van der Waals surface area contributed by atoms with E-state index < -0.39 is 0 Å². The molecule has 0 unspecified atom stereocenters. The van der Waals surface area contributed by atoms with Gasteiger partial charge in [-0.3, -0.25) is 9.59 Å². The van der Waals surface area contributed by atoms with Gasteiger partial charge < -0.3 is 19.7 Å². The summed E-state index contributed by atoms with van der Waals surface area (Å²) in [5, 5.41) is 3.06. The summed E-state index contributed by atoms with van der Waals surface area (Å²) in [5.41, 5.74) is 1.46. The number of piperidine rings is 1. The number of ether oxygens (including phenoxy) is 2. The van der Waals surface area contributed by atoms with Crippen LogP contribution >= 0.6 is 0 Å². The topological polar surface area (TPSA) is 67.9 Å². The smallest absolute Gasteiger partial charge is 0.250 e. The molecule has 6 nitrogen and oxygen atoms in total. The summed E-state index contributed by atoms with van der Waals surface area (Å²) in [5.74, 6) is 1.38. The van der Waals surface area contributed by atoms with Crippen LogP contribution in [0.3, 0.4) is 0 Å². The average molecular weight is 344 g/mol. The van der Waals surface area contributed by atoms with Crippen molar-refractivity contribution in [2.45, 2.75) is 32.7 Å². The van der Waals surface area contributed by atoms with Crippen LogP contribution in [0.2, 0.25) is 0 Å². The zero-order chi connectivity index (χ0) is 17.8. The second-order valence-electron chi connectivity index (χ2n) is 6.32. The number of carbonyl (C=O) groups excluding carboxylic acids is 2. The highest BCUT2D eigenvalue weighted by atomic mass is 16.5. The van der Waals surface area contributed by atoms with Gasteiger partial charge in [0.2, 0.25) is 5.91 Å². The molecule has 1 N–H and O–H groups in total. The van der Waals surface area contributed by atoms with E-state index in [0.717, 1.165) is 18.4 Å². The Labute approximate surface area is 147 Å². The molecular formula is C19H24N2O4. The second kappa shape index (κ2) is 7.59. The molecule has 2 heterocycles. The first kappa shape index (κ1) is 17.3. The van der Waals surface area contributed by atoms with E-state index in [1.807, 2.05) is 36.1 Å². The van der Waals surface area contributed by atoms with Gasteiger partial charge in [0.05, 0.1) is 12.2 Å². The first-order valence-electron chi connectivity index (χ1n) is 8.74.